The zero-order valence-corrected chi connectivity index (χ0v) is 45.9. The largest absolute Gasteiger partial charge is 0.458 e. The molecule has 0 atom stereocenters. The predicted molar refractivity (Wildman–Crippen MR) is 330 cm³/mol. The Kier molecular flexibility index (Phi) is 9.80. The first-order valence-corrected chi connectivity index (χ1v) is 28.3. The summed E-state index contributed by atoms with van der Waals surface area (Å²) in [5, 5.41) is 2.34. The Balaban J connectivity index is 0.992. The summed E-state index contributed by atoms with van der Waals surface area (Å²) in [7, 11) is 0. The SMILES string of the molecule is CC(C)(C)c1ccc2c(c1)B1c3cc(C(C)(C)C)ccc3Oc3cc(-n4c5ccc(C6(c7ccccc7)c7ccccc7-c7ccccc76)cc5c5cc(C6(c7ccccc7)c7ccccc7-c7ccccc76)ccc54)cc(c31)O2. The second kappa shape index (κ2) is 16.7. The van der Waals surface area contributed by atoms with Gasteiger partial charge in [0.2, 0.25) is 0 Å². The van der Waals surface area contributed by atoms with Crippen LogP contribution < -0.4 is 25.9 Å². The fourth-order valence-corrected chi connectivity index (χ4v) is 14.7. The summed E-state index contributed by atoms with van der Waals surface area (Å²) >= 11 is 0. The third-order valence-electron chi connectivity index (χ3n) is 18.4. The van der Waals surface area contributed by atoms with Crippen LogP contribution in [0.25, 0.3) is 49.7 Å². The van der Waals surface area contributed by atoms with Crippen LogP contribution >= 0.6 is 0 Å². The lowest BCUT2D eigenvalue weighted by atomic mass is 9.34. The average molecular weight is 1030 g/mol. The summed E-state index contributed by atoms with van der Waals surface area (Å²) in [6, 6.07) is 91.3. The van der Waals surface area contributed by atoms with Crippen LogP contribution in [0.1, 0.15) is 97.2 Å². The van der Waals surface area contributed by atoms with Crippen molar-refractivity contribution in [2.24, 2.45) is 0 Å². The topological polar surface area (TPSA) is 23.4 Å². The molecule has 0 spiro atoms. The maximum Gasteiger partial charge on any atom is 0.260 e. The summed E-state index contributed by atoms with van der Waals surface area (Å²) in [6.07, 6.45) is 0. The van der Waals surface area contributed by atoms with E-state index in [1.54, 1.807) is 0 Å². The van der Waals surface area contributed by atoms with Gasteiger partial charge in [-0.05, 0) is 136 Å². The smallest absolute Gasteiger partial charge is 0.260 e. The Bertz CT molecular complexity index is 4200. The Morgan fingerprint density at radius 2 is 0.700 bits per heavy atom. The number of aromatic nitrogens is 1. The highest BCUT2D eigenvalue weighted by Gasteiger charge is 2.49. The lowest BCUT2D eigenvalue weighted by Crippen LogP contribution is -2.57. The van der Waals surface area contributed by atoms with E-state index in [0.29, 0.717) is 0 Å². The number of hydrogen-bond donors (Lipinski definition) is 0. The average Bonchev–Trinajstić information content (AvgIpc) is 4.06. The van der Waals surface area contributed by atoms with Crippen molar-refractivity contribution in [3.05, 3.63) is 298 Å². The lowest BCUT2D eigenvalue weighted by Gasteiger charge is -2.35. The fourth-order valence-electron chi connectivity index (χ4n) is 14.7. The van der Waals surface area contributed by atoms with E-state index in [4.69, 9.17) is 9.47 Å². The van der Waals surface area contributed by atoms with Gasteiger partial charge in [0.05, 0.1) is 27.6 Å². The van der Waals surface area contributed by atoms with E-state index in [0.717, 1.165) is 45.2 Å². The number of ether oxygens (including phenoxy) is 2. The molecule has 0 bridgehead atoms. The van der Waals surface area contributed by atoms with Crippen molar-refractivity contribution in [1.29, 1.82) is 0 Å². The van der Waals surface area contributed by atoms with Crippen LogP contribution in [-0.2, 0) is 21.7 Å². The van der Waals surface area contributed by atoms with Crippen molar-refractivity contribution >= 4 is 44.9 Å². The zero-order valence-electron chi connectivity index (χ0n) is 45.9. The maximum atomic E-state index is 7.20. The molecule has 4 aliphatic rings. The third-order valence-corrected chi connectivity index (χ3v) is 18.4. The van der Waals surface area contributed by atoms with E-state index in [2.05, 4.69) is 289 Å². The molecule has 16 rings (SSSR count). The maximum absolute atomic E-state index is 7.20. The minimum atomic E-state index is -0.587. The minimum Gasteiger partial charge on any atom is -0.458 e. The van der Waals surface area contributed by atoms with Gasteiger partial charge in [-0.2, -0.15) is 0 Å². The molecule has 0 radical (unpaired) electrons. The van der Waals surface area contributed by atoms with Crippen LogP contribution in [0, 0.1) is 0 Å². The highest BCUT2D eigenvalue weighted by Crippen LogP contribution is 2.59. The number of hydrogen-bond acceptors (Lipinski definition) is 2. The number of fused-ring (bicyclic) bond motifs is 13. The first-order valence-electron chi connectivity index (χ1n) is 28.3. The van der Waals surface area contributed by atoms with Crippen molar-refractivity contribution in [3.8, 4) is 50.9 Å². The molecule has 1 aromatic heterocycles. The molecule has 3 heterocycles. The first-order chi connectivity index (χ1) is 38.9. The second-order valence-corrected chi connectivity index (χ2v) is 24.7. The molecule has 0 saturated carbocycles. The summed E-state index contributed by atoms with van der Waals surface area (Å²) < 4.78 is 16.9. The number of rotatable bonds is 5. The molecule has 2 aliphatic heterocycles. The Hall–Kier alpha value is -9.12. The van der Waals surface area contributed by atoms with Crippen LogP contribution in [0.5, 0.6) is 23.0 Å². The zero-order chi connectivity index (χ0) is 53.9. The molecule has 2 aliphatic carbocycles. The molecule has 80 heavy (non-hydrogen) atoms. The Morgan fingerprint density at radius 1 is 0.338 bits per heavy atom. The molecular weight excluding hydrogens is 970 g/mol. The highest BCUT2D eigenvalue weighted by molar-refractivity contribution is 6.98. The molecule has 12 aromatic rings. The monoisotopic (exact) mass is 1030 g/mol. The minimum absolute atomic E-state index is 0.0456. The fraction of sp³-hybridized carbons (Fsp3) is 0.132. The normalized spacial score (nSPS) is 14.8. The van der Waals surface area contributed by atoms with Gasteiger partial charge in [-0.15, -0.1) is 0 Å². The molecule has 0 amide bonds. The van der Waals surface area contributed by atoms with E-state index in [1.807, 2.05) is 0 Å². The van der Waals surface area contributed by atoms with Crippen molar-refractivity contribution in [2.75, 3.05) is 0 Å². The van der Waals surface area contributed by atoms with Gasteiger partial charge < -0.3 is 14.0 Å². The van der Waals surface area contributed by atoms with Gasteiger partial charge in [-0.1, -0.05) is 236 Å². The van der Waals surface area contributed by atoms with Gasteiger partial charge in [0, 0.05) is 28.4 Å². The van der Waals surface area contributed by atoms with Gasteiger partial charge in [-0.3, -0.25) is 0 Å². The van der Waals surface area contributed by atoms with E-state index in [9.17, 15) is 0 Å². The number of nitrogens with zero attached hydrogens (tertiary/aromatic N) is 1. The lowest BCUT2D eigenvalue weighted by molar-refractivity contribution is 0.463. The van der Waals surface area contributed by atoms with E-state index < -0.39 is 10.8 Å². The Labute approximate surface area is 468 Å². The van der Waals surface area contributed by atoms with E-state index in [-0.39, 0.29) is 17.5 Å². The second-order valence-electron chi connectivity index (χ2n) is 24.7. The molecule has 0 saturated heterocycles. The standard InChI is InChI=1S/C76H58BNO2/c1-73(2,3)49-35-39-68-64(43-49)77-65-44-50(74(4,5)6)36-40-69(65)80-71-46-53(45-70(79-68)72(71)77)78-66-37-33-51(75(47-21-9-7-10-22-47)60-29-17-13-25-54(60)55-26-14-18-30-61(55)75)41-58(66)59-42-52(34-38-67(59)78)76(48-23-11-8-12-24-48)62-31-19-15-27-56(62)57-28-16-20-32-63(57)76/h7-46H,1-6H3. The summed E-state index contributed by atoms with van der Waals surface area (Å²) in [6.45, 7) is 13.7. The van der Waals surface area contributed by atoms with Gasteiger partial charge in [0.1, 0.15) is 23.0 Å². The van der Waals surface area contributed by atoms with Gasteiger partial charge in [-0.25, -0.2) is 0 Å². The summed E-state index contributed by atoms with van der Waals surface area (Å²) in [4.78, 5) is 0. The summed E-state index contributed by atoms with van der Waals surface area (Å²) in [5.41, 5.74) is 23.1. The molecule has 3 nitrogen and oxygen atoms in total. The number of benzene rings is 11. The van der Waals surface area contributed by atoms with Gasteiger partial charge in [0.15, 0.2) is 0 Å². The molecule has 4 heteroatoms. The Morgan fingerprint density at radius 3 is 1.07 bits per heavy atom. The quantitative estimate of drug-likeness (QED) is 0.160. The van der Waals surface area contributed by atoms with Crippen molar-refractivity contribution < 1.29 is 9.47 Å². The van der Waals surface area contributed by atoms with E-state index in [1.165, 1.54) is 99.6 Å². The third kappa shape index (κ3) is 6.39. The molecular formula is C76H58BNO2. The molecule has 0 fully saturated rings. The van der Waals surface area contributed by atoms with Crippen LogP contribution in [0.4, 0.5) is 0 Å². The predicted octanol–water partition coefficient (Wildman–Crippen LogP) is 16.8. The highest BCUT2D eigenvalue weighted by atomic mass is 16.5. The molecule has 0 unspecified atom stereocenters. The van der Waals surface area contributed by atoms with Crippen molar-refractivity contribution in [1.82, 2.24) is 4.57 Å². The van der Waals surface area contributed by atoms with Crippen LogP contribution in [0.2, 0.25) is 0 Å². The van der Waals surface area contributed by atoms with E-state index >= 15 is 0 Å². The van der Waals surface area contributed by atoms with Crippen molar-refractivity contribution in [2.45, 2.75) is 63.2 Å². The van der Waals surface area contributed by atoms with Crippen molar-refractivity contribution in [3.63, 3.8) is 0 Å². The molecule has 11 aromatic carbocycles. The first kappa shape index (κ1) is 46.9. The van der Waals surface area contributed by atoms with Crippen LogP contribution in [0.3, 0.4) is 0 Å². The molecule has 382 valence electrons. The molecule has 0 N–H and O–H groups in total. The van der Waals surface area contributed by atoms with Crippen LogP contribution in [0.15, 0.2) is 243 Å². The van der Waals surface area contributed by atoms with Gasteiger partial charge in [0.25, 0.3) is 6.71 Å². The van der Waals surface area contributed by atoms with Crippen LogP contribution in [-0.4, -0.2) is 11.3 Å². The summed E-state index contributed by atoms with van der Waals surface area (Å²) in [5.74, 6) is 3.41. The van der Waals surface area contributed by atoms with Gasteiger partial charge >= 0.3 is 0 Å².